The minimum atomic E-state index is -0.961. The second kappa shape index (κ2) is 8.76. The first kappa shape index (κ1) is 19.3. The number of nitrogens with one attached hydrogen (secondary N) is 2. The number of benzene rings is 1. The number of primary amides is 1. The summed E-state index contributed by atoms with van der Waals surface area (Å²) in [4.78, 5) is 34.5. The number of carboxylic acid groups (broad SMARTS) is 1. The molecule has 8 nitrogen and oxygen atoms in total. The molecule has 0 heterocycles. The van der Waals surface area contributed by atoms with Gasteiger partial charge in [0.1, 0.15) is 0 Å². The molecule has 5 N–H and O–H groups in total. The predicted molar refractivity (Wildman–Crippen MR) is 89.1 cm³/mol. The van der Waals surface area contributed by atoms with Crippen molar-refractivity contribution in [2.45, 2.75) is 20.3 Å². The van der Waals surface area contributed by atoms with E-state index in [2.05, 4.69) is 10.6 Å². The van der Waals surface area contributed by atoms with Crippen molar-refractivity contribution in [1.29, 1.82) is 0 Å². The molecule has 1 unspecified atom stereocenters. The minimum Gasteiger partial charge on any atom is -0.494 e. The van der Waals surface area contributed by atoms with Crippen molar-refractivity contribution in [2.75, 3.05) is 19.0 Å². The summed E-state index contributed by atoms with van der Waals surface area (Å²) in [5, 5.41) is 14.2. The average molecular weight is 337 g/mol. The third kappa shape index (κ3) is 5.45. The molecule has 0 fully saturated rings. The second-order valence-electron chi connectivity index (χ2n) is 5.75. The van der Waals surface area contributed by atoms with E-state index < -0.39 is 23.8 Å². The van der Waals surface area contributed by atoms with Gasteiger partial charge in [0.2, 0.25) is 0 Å². The molecule has 8 heteroatoms. The van der Waals surface area contributed by atoms with Gasteiger partial charge in [0, 0.05) is 6.54 Å². The smallest absolute Gasteiger partial charge is 0.319 e. The number of carboxylic acids is 1. The van der Waals surface area contributed by atoms with Gasteiger partial charge in [0.15, 0.2) is 5.75 Å². The van der Waals surface area contributed by atoms with Crippen molar-refractivity contribution in [3.63, 3.8) is 0 Å². The molecule has 1 atom stereocenters. The first-order chi connectivity index (χ1) is 11.3. The van der Waals surface area contributed by atoms with Crippen molar-refractivity contribution in [1.82, 2.24) is 5.32 Å². The van der Waals surface area contributed by atoms with Crippen molar-refractivity contribution in [3.05, 3.63) is 23.8 Å². The fraction of sp³-hybridized carbons (Fsp3) is 0.438. The number of urea groups is 1. The van der Waals surface area contributed by atoms with Crippen LogP contribution in [0.25, 0.3) is 0 Å². The molecule has 24 heavy (non-hydrogen) atoms. The number of anilines is 1. The number of para-hydroxylation sites is 1. The third-order valence-electron chi connectivity index (χ3n) is 3.35. The predicted octanol–water partition coefficient (Wildman–Crippen LogP) is 1.66. The summed E-state index contributed by atoms with van der Waals surface area (Å²) in [6, 6.07) is 3.99. The topological polar surface area (TPSA) is 131 Å². The van der Waals surface area contributed by atoms with Crippen molar-refractivity contribution in [2.24, 2.45) is 17.6 Å². The highest BCUT2D eigenvalue weighted by atomic mass is 16.5. The van der Waals surface area contributed by atoms with E-state index in [0.29, 0.717) is 6.42 Å². The van der Waals surface area contributed by atoms with E-state index in [1.807, 2.05) is 13.8 Å². The van der Waals surface area contributed by atoms with Gasteiger partial charge in [0.05, 0.1) is 24.3 Å². The Labute approximate surface area is 140 Å². The van der Waals surface area contributed by atoms with Gasteiger partial charge in [-0.3, -0.25) is 9.59 Å². The lowest BCUT2D eigenvalue weighted by Gasteiger charge is -2.17. The molecule has 0 aromatic heterocycles. The molecule has 0 bridgehead atoms. The molecule has 0 aliphatic carbocycles. The summed E-state index contributed by atoms with van der Waals surface area (Å²) in [5.41, 5.74) is 5.66. The van der Waals surface area contributed by atoms with Gasteiger partial charge in [-0.25, -0.2) is 4.79 Å². The van der Waals surface area contributed by atoms with Crippen LogP contribution in [0, 0.1) is 11.8 Å². The zero-order valence-electron chi connectivity index (χ0n) is 14.0. The molecule has 0 saturated heterocycles. The van der Waals surface area contributed by atoms with Crippen molar-refractivity contribution in [3.8, 4) is 5.75 Å². The number of aliphatic carboxylic acids is 1. The lowest BCUT2D eigenvalue weighted by atomic mass is 9.97. The van der Waals surface area contributed by atoms with Crippen LogP contribution in [0.1, 0.15) is 30.6 Å². The highest BCUT2D eigenvalue weighted by Crippen LogP contribution is 2.28. The number of carbonyl (C=O) groups excluding carboxylic acids is 2. The molecule has 0 aliphatic rings. The van der Waals surface area contributed by atoms with E-state index in [0.717, 1.165) is 0 Å². The van der Waals surface area contributed by atoms with Gasteiger partial charge in [-0.15, -0.1) is 0 Å². The van der Waals surface area contributed by atoms with E-state index >= 15 is 0 Å². The molecule has 1 aromatic rings. The summed E-state index contributed by atoms with van der Waals surface area (Å²) in [5.74, 6) is -1.97. The molecule has 1 rings (SSSR count). The lowest BCUT2D eigenvalue weighted by molar-refractivity contribution is -0.142. The third-order valence-corrected chi connectivity index (χ3v) is 3.35. The number of ether oxygens (including phenoxy) is 1. The Balaban J connectivity index is 2.76. The first-order valence-corrected chi connectivity index (χ1v) is 7.50. The second-order valence-corrected chi connectivity index (χ2v) is 5.75. The normalized spacial score (nSPS) is 11.7. The van der Waals surface area contributed by atoms with E-state index in [1.54, 1.807) is 12.1 Å². The zero-order valence-corrected chi connectivity index (χ0v) is 14.0. The van der Waals surface area contributed by atoms with Gasteiger partial charge in [-0.05, 0) is 24.5 Å². The summed E-state index contributed by atoms with van der Waals surface area (Å²) < 4.78 is 5.12. The molecule has 0 radical (unpaired) electrons. The number of amides is 3. The summed E-state index contributed by atoms with van der Waals surface area (Å²) in [7, 11) is 1.36. The number of carbonyl (C=O) groups is 3. The van der Waals surface area contributed by atoms with E-state index in [1.165, 1.54) is 13.2 Å². The maximum absolute atomic E-state index is 12.0. The number of nitrogens with two attached hydrogens (primary N) is 1. The van der Waals surface area contributed by atoms with Crippen LogP contribution in [-0.4, -0.2) is 36.7 Å². The maximum Gasteiger partial charge on any atom is 0.319 e. The van der Waals surface area contributed by atoms with Crippen molar-refractivity contribution < 1.29 is 24.2 Å². The van der Waals surface area contributed by atoms with Gasteiger partial charge in [-0.1, -0.05) is 19.9 Å². The Morgan fingerprint density at radius 3 is 2.46 bits per heavy atom. The van der Waals surface area contributed by atoms with Crippen LogP contribution in [0.15, 0.2) is 18.2 Å². The molecule has 132 valence electrons. The summed E-state index contributed by atoms with van der Waals surface area (Å²) >= 11 is 0. The number of hydrogen-bond acceptors (Lipinski definition) is 4. The SMILES string of the molecule is COc1c(NC(=O)NCC(CC(C)C)C(=O)O)cccc1C(N)=O. The highest BCUT2D eigenvalue weighted by Gasteiger charge is 2.20. The molecular weight excluding hydrogens is 314 g/mol. The largest absolute Gasteiger partial charge is 0.494 e. The summed E-state index contributed by atoms with van der Waals surface area (Å²) in [6.07, 6.45) is 0.454. The Morgan fingerprint density at radius 1 is 1.29 bits per heavy atom. The van der Waals surface area contributed by atoms with Crippen LogP contribution in [0.3, 0.4) is 0 Å². The van der Waals surface area contributed by atoms with Crippen LogP contribution in [0.4, 0.5) is 10.5 Å². The maximum atomic E-state index is 12.0. The Bertz CT molecular complexity index is 616. The number of methoxy groups -OCH3 is 1. The van der Waals surface area contributed by atoms with Gasteiger partial charge < -0.3 is 26.2 Å². The van der Waals surface area contributed by atoms with Crippen LogP contribution >= 0.6 is 0 Å². The fourth-order valence-electron chi connectivity index (χ4n) is 2.27. The Kier molecular flexibility index (Phi) is 7.03. The lowest BCUT2D eigenvalue weighted by Crippen LogP contribution is -2.36. The summed E-state index contributed by atoms with van der Waals surface area (Å²) in [6.45, 7) is 3.82. The molecule has 0 saturated carbocycles. The van der Waals surface area contributed by atoms with Crippen molar-refractivity contribution >= 4 is 23.6 Å². The van der Waals surface area contributed by atoms with Gasteiger partial charge in [0.25, 0.3) is 5.91 Å². The highest BCUT2D eigenvalue weighted by molar-refractivity contribution is 6.00. The standard InChI is InChI=1S/C16H23N3O5/c1-9(2)7-10(15(21)22)8-18-16(23)19-12-6-4-5-11(14(17)20)13(12)24-3/h4-6,9-10H,7-8H2,1-3H3,(H2,17,20)(H,21,22)(H2,18,19,23). The number of rotatable bonds is 8. The quantitative estimate of drug-likeness (QED) is 0.573. The number of hydrogen-bond donors (Lipinski definition) is 4. The Hall–Kier alpha value is -2.77. The van der Waals surface area contributed by atoms with Crippen LogP contribution in [0.5, 0.6) is 5.75 Å². The van der Waals surface area contributed by atoms with Crippen LogP contribution in [0.2, 0.25) is 0 Å². The van der Waals surface area contributed by atoms with Gasteiger partial charge >= 0.3 is 12.0 Å². The molecule has 3 amide bonds. The average Bonchev–Trinajstić information content (AvgIpc) is 2.50. The van der Waals surface area contributed by atoms with Crippen LogP contribution < -0.4 is 21.1 Å². The monoisotopic (exact) mass is 337 g/mol. The first-order valence-electron chi connectivity index (χ1n) is 7.50. The minimum absolute atomic E-state index is 0.00281. The zero-order chi connectivity index (χ0) is 18.3. The van der Waals surface area contributed by atoms with E-state index in [9.17, 15) is 14.4 Å². The van der Waals surface area contributed by atoms with E-state index in [4.69, 9.17) is 15.6 Å². The van der Waals surface area contributed by atoms with Gasteiger partial charge in [-0.2, -0.15) is 0 Å². The fourth-order valence-corrected chi connectivity index (χ4v) is 2.27. The van der Waals surface area contributed by atoms with Crippen LogP contribution in [-0.2, 0) is 4.79 Å². The molecular formula is C16H23N3O5. The van der Waals surface area contributed by atoms with E-state index in [-0.39, 0.29) is 29.5 Å². The Morgan fingerprint density at radius 2 is 1.96 bits per heavy atom. The molecule has 0 spiro atoms. The molecule has 0 aliphatic heterocycles. The molecule has 1 aromatic carbocycles.